The van der Waals surface area contributed by atoms with Gasteiger partial charge < -0.3 is 9.47 Å². The van der Waals surface area contributed by atoms with E-state index in [1.54, 1.807) is 20.8 Å². The van der Waals surface area contributed by atoms with Gasteiger partial charge in [0.25, 0.3) is 0 Å². The normalized spacial score (nSPS) is 9.18. The molecule has 0 aromatic carbocycles. The van der Waals surface area contributed by atoms with Gasteiger partial charge in [-0.25, -0.2) is 0 Å². The number of ether oxygens (including phenoxy) is 2. The van der Waals surface area contributed by atoms with E-state index in [1.807, 2.05) is 0 Å². The average Bonchev–Trinajstić information content (AvgIpc) is 2.24. The van der Waals surface area contributed by atoms with Crippen LogP contribution in [-0.2, 0) is 19.1 Å². The molecule has 0 rings (SSSR count). The molecule has 0 aromatic rings. The van der Waals surface area contributed by atoms with Crippen molar-refractivity contribution >= 4 is 11.9 Å². The van der Waals surface area contributed by atoms with Crippen LogP contribution >= 0.6 is 0 Å². The highest BCUT2D eigenvalue weighted by Crippen LogP contribution is 2.08. The Morgan fingerprint density at radius 3 is 2.00 bits per heavy atom. The largest absolute Gasteiger partial charge is 0.465 e. The monoisotopic (exact) mass is 238 g/mol. The van der Waals surface area contributed by atoms with Crippen LogP contribution in [0.25, 0.3) is 0 Å². The molecule has 0 atom stereocenters. The van der Waals surface area contributed by atoms with Gasteiger partial charge in [0.1, 0.15) is 0 Å². The number of carbonyl (C=O) groups excluding carboxylic acids is 2. The third kappa shape index (κ3) is 6.41. The van der Waals surface area contributed by atoms with E-state index in [0.717, 1.165) is 0 Å². The lowest BCUT2D eigenvalue weighted by Gasteiger charge is -2.11. The molecule has 0 fully saturated rings. The van der Waals surface area contributed by atoms with Crippen LogP contribution in [-0.4, -0.2) is 25.2 Å². The van der Waals surface area contributed by atoms with Crippen molar-refractivity contribution in [3.8, 4) is 11.8 Å². The number of allylic oxidation sites excluding steroid dienone is 1. The van der Waals surface area contributed by atoms with Gasteiger partial charge in [-0.15, -0.1) is 0 Å². The Morgan fingerprint density at radius 1 is 1.18 bits per heavy atom. The molecule has 0 saturated carbocycles. The van der Waals surface area contributed by atoms with Crippen molar-refractivity contribution in [3.63, 3.8) is 0 Å². The molecular weight excluding hydrogens is 220 g/mol. The van der Waals surface area contributed by atoms with Crippen LogP contribution in [0.3, 0.4) is 0 Å². The maximum atomic E-state index is 11.5. The Bertz CT molecular complexity index is 328. The predicted molar refractivity (Wildman–Crippen MR) is 64.0 cm³/mol. The molecule has 0 radical (unpaired) electrons. The van der Waals surface area contributed by atoms with Crippen molar-refractivity contribution in [3.05, 3.63) is 12.2 Å². The van der Waals surface area contributed by atoms with Crippen LogP contribution in [0.4, 0.5) is 0 Å². The first-order valence-corrected chi connectivity index (χ1v) is 5.50. The number of esters is 2. The van der Waals surface area contributed by atoms with Gasteiger partial charge in [-0.05, 0) is 26.3 Å². The summed E-state index contributed by atoms with van der Waals surface area (Å²) in [6.45, 7) is 9.17. The molecule has 0 N–H and O–H groups in total. The number of hydrogen-bond acceptors (Lipinski definition) is 4. The summed E-state index contributed by atoms with van der Waals surface area (Å²) >= 11 is 0. The Morgan fingerprint density at radius 2 is 1.65 bits per heavy atom. The molecule has 4 heteroatoms. The Labute approximate surface area is 102 Å². The van der Waals surface area contributed by atoms with Gasteiger partial charge >= 0.3 is 11.9 Å². The van der Waals surface area contributed by atoms with Crippen molar-refractivity contribution in [2.75, 3.05) is 13.2 Å². The third-order valence-electron chi connectivity index (χ3n) is 1.75. The van der Waals surface area contributed by atoms with E-state index in [2.05, 4.69) is 18.4 Å². The topological polar surface area (TPSA) is 52.6 Å². The van der Waals surface area contributed by atoms with Crippen LogP contribution in [0.2, 0.25) is 0 Å². The van der Waals surface area contributed by atoms with Gasteiger partial charge in [0.15, 0.2) is 5.92 Å². The molecule has 0 amide bonds. The molecule has 0 aliphatic rings. The fourth-order valence-electron chi connectivity index (χ4n) is 1.05. The van der Waals surface area contributed by atoms with E-state index in [1.165, 1.54) is 0 Å². The van der Waals surface area contributed by atoms with E-state index < -0.39 is 17.9 Å². The molecule has 0 aliphatic carbocycles. The zero-order valence-corrected chi connectivity index (χ0v) is 10.5. The maximum Gasteiger partial charge on any atom is 0.321 e. The molecule has 0 unspecified atom stereocenters. The zero-order chi connectivity index (χ0) is 13.3. The lowest BCUT2D eigenvalue weighted by Crippen LogP contribution is -2.27. The number of hydrogen-bond donors (Lipinski definition) is 0. The highest BCUT2D eigenvalue weighted by molar-refractivity contribution is 5.95. The predicted octanol–water partition coefficient (Wildman–Crippen LogP) is 1.70. The smallest absolute Gasteiger partial charge is 0.321 e. The summed E-state index contributed by atoms with van der Waals surface area (Å²) in [6.07, 6.45) is 0.0878. The molecule has 4 nitrogen and oxygen atoms in total. The van der Waals surface area contributed by atoms with E-state index in [-0.39, 0.29) is 19.6 Å². The lowest BCUT2D eigenvalue weighted by molar-refractivity contribution is -0.161. The minimum absolute atomic E-state index is 0.0878. The fraction of sp³-hybridized carbons (Fsp3) is 0.538. The summed E-state index contributed by atoms with van der Waals surface area (Å²) < 4.78 is 9.60. The van der Waals surface area contributed by atoms with Crippen molar-refractivity contribution in [2.45, 2.75) is 27.2 Å². The summed E-state index contributed by atoms with van der Waals surface area (Å²) in [5.74, 6) is 3.26. The van der Waals surface area contributed by atoms with Crippen LogP contribution < -0.4 is 0 Å². The van der Waals surface area contributed by atoms with E-state index >= 15 is 0 Å². The SMILES string of the molecule is C=C(C)C#CCC(C(=O)OCC)C(=O)OCC. The van der Waals surface area contributed by atoms with Gasteiger partial charge in [0.05, 0.1) is 13.2 Å². The van der Waals surface area contributed by atoms with Crippen molar-refractivity contribution in [1.82, 2.24) is 0 Å². The summed E-state index contributed by atoms with van der Waals surface area (Å²) in [5, 5.41) is 0. The molecule has 94 valence electrons. The summed E-state index contributed by atoms with van der Waals surface area (Å²) in [5.41, 5.74) is 0.677. The second-order valence-electron chi connectivity index (χ2n) is 3.34. The molecule has 0 aromatic heterocycles. The Hall–Kier alpha value is -1.76. The standard InChI is InChI=1S/C13H18O4/c1-5-16-12(14)11(13(15)17-6-2)9-7-8-10(3)4/h11H,3,5-6,9H2,1-2,4H3. The van der Waals surface area contributed by atoms with Crippen LogP contribution in [0.15, 0.2) is 12.2 Å². The van der Waals surface area contributed by atoms with Crippen LogP contribution in [0, 0.1) is 17.8 Å². The van der Waals surface area contributed by atoms with E-state index in [0.29, 0.717) is 5.57 Å². The van der Waals surface area contributed by atoms with Gasteiger partial charge in [-0.2, -0.15) is 0 Å². The highest BCUT2D eigenvalue weighted by atomic mass is 16.6. The van der Waals surface area contributed by atoms with Crippen molar-refractivity contribution in [1.29, 1.82) is 0 Å². The summed E-state index contributed by atoms with van der Waals surface area (Å²) in [6, 6.07) is 0. The van der Waals surface area contributed by atoms with Crippen LogP contribution in [0.5, 0.6) is 0 Å². The Balaban J connectivity index is 4.63. The summed E-state index contributed by atoms with van der Waals surface area (Å²) in [4.78, 5) is 23.0. The molecule has 0 saturated heterocycles. The average molecular weight is 238 g/mol. The quantitative estimate of drug-likeness (QED) is 0.415. The second kappa shape index (κ2) is 8.40. The van der Waals surface area contributed by atoms with Gasteiger partial charge in [0, 0.05) is 6.42 Å². The first-order valence-electron chi connectivity index (χ1n) is 5.50. The van der Waals surface area contributed by atoms with Gasteiger partial charge in [-0.1, -0.05) is 18.4 Å². The zero-order valence-electron chi connectivity index (χ0n) is 10.5. The third-order valence-corrected chi connectivity index (χ3v) is 1.75. The molecule has 0 heterocycles. The second-order valence-corrected chi connectivity index (χ2v) is 3.34. The van der Waals surface area contributed by atoms with Crippen LogP contribution in [0.1, 0.15) is 27.2 Å². The molecular formula is C13H18O4. The number of carbonyl (C=O) groups is 2. The van der Waals surface area contributed by atoms with Crippen molar-refractivity contribution < 1.29 is 19.1 Å². The van der Waals surface area contributed by atoms with Gasteiger partial charge in [0.2, 0.25) is 0 Å². The van der Waals surface area contributed by atoms with E-state index in [4.69, 9.17) is 9.47 Å². The minimum atomic E-state index is -0.971. The lowest BCUT2D eigenvalue weighted by atomic mass is 10.1. The Kier molecular flexibility index (Phi) is 7.53. The first kappa shape index (κ1) is 15.2. The summed E-state index contributed by atoms with van der Waals surface area (Å²) in [7, 11) is 0. The number of rotatable bonds is 5. The first-order chi connectivity index (χ1) is 8.02. The highest BCUT2D eigenvalue weighted by Gasteiger charge is 2.28. The fourth-order valence-corrected chi connectivity index (χ4v) is 1.05. The molecule has 0 aliphatic heterocycles. The minimum Gasteiger partial charge on any atom is -0.465 e. The molecule has 0 spiro atoms. The van der Waals surface area contributed by atoms with Crippen molar-refractivity contribution in [2.24, 2.45) is 5.92 Å². The van der Waals surface area contributed by atoms with E-state index in [9.17, 15) is 9.59 Å². The van der Waals surface area contributed by atoms with Gasteiger partial charge in [-0.3, -0.25) is 9.59 Å². The maximum absolute atomic E-state index is 11.5. The molecule has 17 heavy (non-hydrogen) atoms. The molecule has 0 bridgehead atoms.